The van der Waals surface area contributed by atoms with Gasteiger partial charge < -0.3 is 14.7 Å². The van der Waals surface area contributed by atoms with Crippen LogP contribution in [-0.4, -0.2) is 63.7 Å². The van der Waals surface area contributed by atoms with Crippen LogP contribution in [-0.2, 0) is 17.8 Å². The Balaban J connectivity index is 1.37. The minimum absolute atomic E-state index is 0.0184. The maximum absolute atomic E-state index is 12.9. The van der Waals surface area contributed by atoms with E-state index in [0.717, 1.165) is 56.0 Å². The second-order valence-electron chi connectivity index (χ2n) is 9.23. The fourth-order valence-corrected chi connectivity index (χ4v) is 4.72. The first kappa shape index (κ1) is 21.8. The third-order valence-corrected chi connectivity index (χ3v) is 6.59. The normalized spacial score (nSPS) is 23.2. The number of rotatable bonds is 5. The summed E-state index contributed by atoms with van der Waals surface area (Å²) in [6, 6.07) is 10.0. The molecule has 0 aliphatic carbocycles. The summed E-state index contributed by atoms with van der Waals surface area (Å²) in [6.07, 6.45) is 4.34. The molecule has 2 aliphatic heterocycles. The molecule has 0 unspecified atom stereocenters. The third-order valence-electron chi connectivity index (χ3n) is 6.59. The van der Waals surface area contributed by atoms with Crippen molar-refractivity contribution in [1.82, 2.24) is 14.8 Å². The number of carbonyl (C=O) groups is 1. The summed E-state index contributed by atoms with van der Waals surface area (Å²) >= 11 is 0. The number of hydrogen-bond acceptors (Lipinski definition) is 5. The van der Waals surface area contributed by atoms with Crippen LogP contribution in [0, 0.1) is 0 Å². The molecule has 1 fully saturated rings. The Hall–Kier alpha value is -2.44. The van der Waals surface area contributed by atoms with Gasteiger partial charge >= 0.3 is 0 Å². The molecule has 0 bridgehead atoms. The van der Waals surface area contributed by atoms with Gasteiger partial charge in [-0.3, -0.25) is 14.7 Å². The summed E-state index contributed by atoms with van der Waals surface area (Å²) in [5.74, 6) is 0.999. The van der Waals surface area contributed by atoms with Crippen LogP contribution in [0.1, 0.15) is 49.8 Å². The van der Waals surface area contributed by atoms with Crippen molar-refractivity contribution in [2.75, 3.05) is 26.2 Å². The van der Waals surface area contributed by atoms with Crippen molar-refractivity contribution in [3.05, 3.63) is 59.4 Å². The molecule has 6 heteroatoms. The molecule has 6 nitrogen and oxygen atoms in total. The number of aromatic nitrogens is 1. The fourth-order valence-electron chi connectivity index (χ4n) is 4.72. The van der Waals surface area contributed by atoms with Crippen molar-refractivity contribution in [3.63, 3.8) is 0 Å². The van der Waals surface area contributed by atoms with E-state index < -0.39 is 11.7 Å². The van der Waals surface area contributed by atoms with Crippen LogP contribution in [0.25, 0.3) is 0 Å². The van der Waals surface area contributed by atoms with Crippen LogP contribution < -0.4 is 4.74 Å². The maximum atomic E-state index is 12.9. The standard InChI is InChI=1S/C25H33N3O3/c1-4-20-21-14-18(7-8-22(21)31-25(2,3)24(20)30)15-23(29)28-12-10-27(11-13-28)17-19-6-5-9-26-16-19/h5-9,14,16,20,24,30H,4,10-13,15,17H2,1-3H3/t20-,24+/m1/s1. The molecular weight excluding hydrogens is 390 g/mol. The summed E-state index contributed by atoms with van der Waals surface area (Å²) in [4.78, 5) is 21.4. The predicted molar refractivity (Wildman–Crippen MR) is 120 cm³/mol. The van der Waals surface area contributed by atoms with Gasteiger partial charge in [0.1, 0.15) is 17.5 Å². The van der Waals surface area contributed by atoms with Gasteiger partial charge in [0, 0.05) is 56.6 Å². The van der Waals surface area contributed by atoms with E-state index in [-0.39, 0.29) is 11.8 Å². The maximum Gasteiger partial charge on any atom is 0.227 e. The average molecular weight is 424 g/mol. The highest BCUT2D eigenvalue weighted by molar-refractivity contribution is 5.79. The molecule has 3 heterocycles. The number of amides is 1. The largest absolute Gasteiger partial charge is 0.485 e. The SMILES string of the molecule is CC[C@@H]1c2cc(CC(=O)N3CCN(Cc4cccnc4)CC3)ccc2OC(C)(C)[C@H]1O. The van der Waals surface area contributed by atoms with Gasteiger partial charge in [0.15, 0.2) is 0 Å². The van der Waals surface area contributed by atoms with Crippen molar-refractivity contribution in [3.8, 4) is 5.75 Å². The predicted octanol–water partition coefficient (Wildman–Crippen LogP) is 2.99. The third kappa shape index (κ3) is 4.75. The van der Waals surface area contributed by atoms with Gasteiger partial charge in [0.05, 0.1) is 6.42 Å². The summed E-state index contributed by atoms with van der Waals surface area (Å²) < 4.78 is 6.05. The van der Waals surface area contributed by atoms with Crippen LogP contribution in [0.4, 0.5) is 0 Å². The van der Waals surface area contributed by atoms with Crippen molar-refractivity contribution in [1.29, 1.82) is 0 Å². The van der Waals surface area contributed by atoms with E-state index >= 15 is 0 Å². The molecule has 1 amide bonds. The number of aliphatic hydroxyl groups excluding tert-OH is 1. The number of piperazine rings is 1. The minimum atomic E-state index is -0.611. The topological polar surface area (TPSA) is 65.9 Å². The monoisotopic (exact) mass is 423 g/mol. The van der Waals surface area contributed by atoms with E-state index in [9.17, 15) is 9.90 Å². The Morgan fingerprint density at radius 3 is 2.65 bits per heavy atom. The van der Waals surface area contributed by atoms with Gasteiger partial charge in [0.2, 0.25) is 5.91 Å². The molecule has 4 rings (SSSR count). The van der Waals surface area contributed by atoms with E-state index in [1.54, 1.807) is 6.20 Å². The van der Waals surface area contributed by atoms with Crippen LogP contribution in [0.5, 0.6) is 5.75 Å². The Kier molecular flexibility index (Phi) is 6.30. The van der Waals surface area contributed by atoms with E-state index in [1.807, 2.05) is 43.1 Å². The summed E-state index contributed by atoms with van der Waals surface area (Å²) in [7, 11) is 0. The molecule has 0 spiro atoms. The highest BCUT2D eigenvalue weighted by atomic mass is 16.5. The summed E-state index contributed by atoms with van der Waals surface area (Å²) in [5, 5.41) is 10.7. The molecule has 1 saturated heterocycles. The van der Waals surface area contributed by atoms with Crippen LogP contribution in [0.3, 0.4) is 0 Å². The van der Waals surface area contributed by atoms with Crippen molar-refractivity contribution in [2.24, 2.45) is 0 Å². The van der Waals surface area contributed by atoms with Gasteiger partial charge in [-0.05, 0) is 43.5 Å². The first-order chi connectivity index (χ1) is 14.9. The molecular formula is C25H33N3O3. The van der Waals surface area contributed by atoms with E-state index in [2.05, 4.69) is 28.9 Å². The average Bonchev–Trinajstić information content (AvgIpc) is 2.76. The number of ether oxygens (including phenoxy) is 1. The number of hydrogen-bond donors (Lipinski definition) is 1. The first-order valence-electron chi connectivity index (χ1n) is 11.3. The number of nitrogens with zero attached hydrogens (tertiary/aromatic N) is 3. The molecule has 31 heavy (non-hydrogen) atoms. The lowest BCUT2D eigenvalue weighted by atomic mass is 9.79. The lowest BCUT2D eigenvalue weighted by molar-refractivity contribution is -0.132. The number of benzene rings is 1. The molecule has 1 aromatic heterocycles. The van der Waals surface area contributed by atoms with E-state index in [1.165, 1.54) is 5.56 Å². The summed E-state index contributed by atoms with van der Waals surface area (Å²) in [6.45, 7) is 10.0. The smallest absolute Gasteiger partial charge is 0.227 e. The van der Waals surface area contributed by atoms with Gasteiger partial charge in [-0.15, -0.1) is 0 Å². The second kappa shape index (κ2) is 8.97. The van der Waals surface area contributed by atoms with Crippen molar-refractivity contribution >= 4 is 5.91 Å². The quantitative estimate of drug-likeness (QED) is 0.801. The zero-order chi connectivity index (χ0) is 22.0. The fraction of sp³-hybridized carbons (Fsp3) is 0.520. The Labute approximate surface area is 184 Å². The van der Waals surface area contributed by atoms with E-state index in [4.69, 9.17) is 4.74 Å². The lowest BCUT2D eigenvalue weighted by Crippen LogP contribution is -2.49. The number of pyridine rings is 1. The molecule has 166 valence electrons. The Morgan fingerprint density at radius 2 is 1.97 bits per heavy atom. The molecule has 0 saturated carbocycles. The zero-order valence-corrected chi connectivity index (χ0v) is 18.8. The van der Waals surface area contributed by atoms with E-state index in [0.29, 0.717) is 6.42 Å². The Morgan fingerprint density at radius 1 is 1.19 bits per heavy atom. The zero-order valence-electron chi connectivity index (χ0n) is 18.8. The van der Waals surface area contributed by atoms with Crippen LogP contribution in [0.15, 0.2) is 42.7 Å². The first-order valence-corrected chi connectivity index (χ1v) is 11.3. The molecule has 0 radical (unpaired) electrons. The highest BCUT2D eigenvalue weighted by Crippen LogP contribution is 2.43. The molecule has 1 aromatic carbocycles. The molecule has 1 N–H and O–H groups in total. The van der Waals surface area contributed by atoms with Crippen molar-refractivity contribution < 1.29 is 14.6 Å². The number of fused-ring (bicyclic) bond motifs is 1. The summed E-state index contributed by atoms with van der Waals surface area (Å²) in [5.41, 5.74) is 2.59. The van der Waals surface area contributed by atoms with Gasteiger partial charge in [0.25, 0.3) is 0 Å². The second-order valence-corrected chi connectivity index (χ2v) is 9.23. The van der Waals surface area contributed by atoms with Gasteiger partial charge in [-0.25, -0.2) is 0 Å². The highest BCUT2D eigenvalue weighted by Gasteiger charge is 2.42. The molecule has 2 aliphatic rings. The number of carbonyl (C=O) groups excluding carboxylic acids is 1. The Bertz CT molecular complexity index is 907. The van der Waals surface area contributed by atoms with Gasteiger partial charge in [-0.1, -0.05) is 25.1 Å². The van der Waals surface area contributed by atoms with Crippen LogP contribution >= 0.6 is 0 Å². The minimum Gasteiger partial charge on any atom is -0.485 e. The number of aliphatic hydroxyl groups is 1. The lowest BCUT2D eigenvalue weighted by Gasteiger charge is -2.42. The molecule has 2 aromatic rings. The van der Waals surface area contributed by atoms with Crippen molar-refractivity contribution in [2.45, 2.75) is 57.8 Å². The van der Waals surface area contributed by atoms with Crippen LogP contribution in [0.2, 0.25) is 0 Å². The molecule has 2 atom stereocenters. The van der Waals surface area contributed by atoms with Gasteiger partial charge in [-0.2, -0.15) is 0 Å².